The molecule has 1 heterocycles. The van der Waals surface area contributed by atoms with E-state index in [4.69, 9.17) is 24.2 Å². The lowest BCUT2D eigenvalue weighted by molar-refractivity contribution is -0.691. The Morgan fingerprint density at radius 2 is 1.88 bits per heavy atom. The van der Waals surface area contributed by atoms with Gasteiger partial charge in [-0.3, -0.25) is 4.79 Å². The minimum absolute atomic E-state index is 0.128. The Kier molecular flexibility index (Phi) is 6.67. The van der Waals surface area contributed by atoms with Crippen LogP contribution < -0.4 is 9.47 Å². The van der Waals surface area contributed by atoms with Crippen molar-refractivity contribution in [3.05, 3.63) is 72.0 Å². The van der Waals surface area contributed by atoms with Gasteiger partial charge in [0, 0.05) is 42.5 Å². The first-order chi connectivity index (χ1) is 11.9. The summed E-state index contributed by atoms with van der Waals surface area (Å²) in [5.41, 5.74) is 1.57. The van der Waals surface area contributed by atoms with Crippen molar-refractivity contribution in [3.8, 4) is 0 Å². The molecule has 0 aliphatic heterocycles. The number of carbonyl (C=O) groups is 1. The summed E-state index contributed by atoms with van der Waals surface area (Å²) >= 11 is 11.3. The van der Waals surface area contributed by atoms with Crippen LogP contribution >= 0.6 is 11.6 Å². The van der Waals surface area contributed by atoms with Crippen molar-refractivity contribution < 1.29 is 9.36 Å². The Balaban J connectivity index is 2.43. The van der Waals surface area contributed by atoms with E-state index < -0.39 is 6.04 Å². The van der Waals surface area contributed by atoms with E-state index in [1.807, 2.05) is 43.5 Å². The summed E-state index contributed by atoms with van der Waals surface area (Å²) in [5, 5.41) is 0.900. The van der Waals surface area contributed by atoms with E-state index in [1.165, 1.54) is 0 Å². The van der Waals surface area contributed by atoms with Crippen LogP contribution in [0.15, 0.2) is 66.4 Å². The van der Waals surface area contributed by atoms with Gasteiger partial charge in [-0.2, -0.15) is 4.57 Å². The zero-order chi connectivity index (χ0) is 18.4. The molecular formula is C19H20ClN3OS. The highest BCUT2D eigenvalue weighted by molar-refractivity contribution is 7.77. The molecule has 0 unspecified atom stereocenters. The first kappa shape index (κ1) is 19.1. The minimum Gasteiger partial charge on any atom is -0.758 e. The number of halogens is 1. The van der Waals surface area contributed by atoms with Crippen LogP contribution in [0.2, 0.25) is 5.02 Å². The van der Waals surface area contributed by atoms with Gasteiger partial charge in [-0.25, -0.2) is 0 Å². The number of pyridine rings is 1. The number of benzene rings is 1. The van der Waals surface area contributed by atoms with Crippen LogP contribution in [0.5, 0.6) is 0 Å². The van der Waals surface area contributed by atoms with Crippen molar-refractivity contribution in [2.45, 2.75) is 6.04 Å². The number of aliphatic imine (C=N–C) groups is 1. The normalized spacial score (nSPS) is 12.5. The predicted octanol–water partition coefficient (Wildman–Crippen LogP) is 3.25. The number of hydrogen-bond donors (Lipinski definition) is 0. The summed E-state index contributed by atoms with van der Waals surface area (Å²) in [6.07, 6.45) is 5.32. The lowest BCUT2D eigenvalue weighted by atomic mass is 10.0. The van der Waals surface area contributed by atoms with Crippen LogP contribution in [-0.4, -0.2) is 31.5 Å². The SMILES string of the molecule is C=CCN=C([S-])[C@@H](C(=O)c1ccc(Cl)cc1)[n+]1ccc(N(C)C)cc1. The first-order valence-electron chi connectivity index (χ1n) is 7.74. The Bertz CT molecular complexity index is 770. The van der Waals surface area contributed by atoms with E-state index in [9.17, 15) is 4.79 Å². The van der Waals surface area contributed by atoms with Crippen LogP contribution in [0.4, 0.5) is 5.69 Å². The van der Waals surface area contributed by atoms with Gasteiger partial charge in [0.05, 0.1) is 6.54 Å². The number of carbonyl (C=O) groups excluding carboxylic acids is 1. The highest BCUT2D eigenvalue weighted by Gasteiger charge is 2.28. The third-order valence-corrected chi connectivity index (χ3v) is 4.24. The first-order valence-corrected chi connectivity index (χ1v) is 8.53. The summed E-state index contributed by atoms with van der Waals surface area (Å²) in [5.74, 6) is -0.128. The molecule has 25 heavy (non-hydrogen) atoms. The topological polar surface area (TPSA) is 36.6 Å². The lowest BCUT2D eigenvalue weighted by Gasteiger charge is -2.19. The standard InChI is InChI=1S/C19H20ClN3OS/c1-4-11-21-19(25)17(18(24)14-5-7-15(20)8-6-14)23-12-9-16(10-13-23)22(2)3/h4-10,12-13,17H,1,11H2,2-3H3/t17-/m1/s1. The molecule has 1 atom stereocenters. The Hall–Kier alpha value is -2.24. The molecule has 130 valence electrons. The second-order valence-corrected chi connectivity index (χ2v) is 6.49. The Labute approximate surface area is 158 Å². The van der Waals surface area contributed by atoms with Crippen LogP contribution in [0.25, 0.3) is 0 Å². The van der Waals surface area contributed by atoms with Crippen LogP contribution in [0, 0.1) is 0 Å². The quantitative estimate of drug-likeness (QED) is 0.187. The summed E-state index contributed by atoms with van der Waals surface area (Å²) < 4.78 is 1.78. The van der Waals surface area contributed by atoms with Gasteiger partial charge in [-0.1, -0.05) is 17.7 Å². The fourth-order valence-electron chi connectivity index (χ4n) is 2.29. The fourth-order valence-corrected chi connectivity index (χ4v) is 2.72. The van der Waals surface area contributed by atoms with Crippen LogP contribution in [-0.2, 0) is 12.6 Å². The van der Waals surface area contributed by atoms with Crippen molar-refractivity contribution in [1.29, 1.82) is 0 Å². The maximum absolute atomic E-state index is 13.0. The number of nitrogens with zero attached hydrogens (tertiary/aromatic N) is 3. The highest BCUT2D eigenvalue weighted by Crippen LogP contribution is 2.16. The molecule has 2 rings (SSSR count). The number of Topliss-reactive ketones (excluding diaryl/α,β-unsaturated/α-hetero) is 1. The smallest absolute Gasteiger partial charge is 0.237 e. The molecule has 0 saturated heterocycles. The van der Waals surface area contributed by atoms with Crippen LogP contribution in [0.1, 0.15) is 16.4 Å². The average Bonchev–Trinajstić information content (AvgIpc) is 2.61. The van der Waals surface area contributed by atoms with E-state index in [1.54, 1.807) is 34.9 Å². The van der Waals surface area contributed by atoms with E-state index in [2.05, 4.69) is 11.6 Å². The number of ketones is 1. The Morgan fingerprint density at radius 3 is 2.40 bits per heavy atom. The molecule has 1 aromatic heterocycles. The number of rotatable bonds is 7. The molecule has 0 radical (unpaired) electrons. The van der Waals surface area contributed by atoms with Gasteiger partial charge in [0.2, 0.25) is 11.8 Å². The molecule has 0 amide bonds. The molecule has 1 aromatic carbocycles. The van der Waals surface area contributed by atoms with Gasteiger partial charge in [-0.15, -0.1) is 6.58 Å². The van der Waals surface area contributed by atoms with Crippen molar-refractivity contribution in [1.82, 2.24) is 0 Å². The Morgan fingerprint density at radius 1 is 1.28 bits per heavy atom. The van der Waals surface area contributed by atoms with Gasteiger partial charge in [0.25, 0.3) is 0 Å². The fraction of sp³-hybridized carbons (Fsp3) is 0.211. The third-order valence-electron chi connectivity index (χ3n) is 3.64. The predicted molar refractivity (Wildman–Crippen MR) is 106 cm³/mol. The van der Waals surface area contributed by atoms with E-state index in [-0.39, 0.29) is 5.78 Å². The average molecular weight is 374 g/mol. The molecule has 4 nitrogen and oxygen atoms in total. The molecule has 2 aromatic rings. The molecule has 0 fully saturated rings. The molecule has 0 aliphatic rings. The summed E-state index contributed by atoms with van der Waals surface area (Å²) in [7, 11) is 3.92. The summed E-state index contributed by atoms with van der Waals surface area (Å²) in [4.78, 5) is 19.3. The number of anilines is 1. The molecule has 0 spiro atoms. The molecule has 0 bridgehead atoms. The zero-order valence-corrected chi connectivity index (χ0v) is 15.8. The van der Waals surface area contributed by atoms with Gasteiger partial charge >= 0.3 is 0 Å². The second kappa shape index (κ2) is 8.74. The molecule has 0 aliphatic carbocycles. The van der Waals surface area contributed by atoms with Gasteiger partial charge in [-0.05, 0) is 29.3 Å². The number of hydrogen-bond acceptors (Lipinski definition) is 4. The zero-order valence-electron chi connectivity index (χ0n) is 14.2. The summed E-state index contributed by atoms with van der Waals surface area (Å²) in [6, 6.07) is 9.94. The van der Waals surface area contributed by atoms with Gasteiger partial charge < -0.3 is 22.5 Å². The largest absolute Gasteiger partial charge is 0.758 e. The minimum atomic E-state index is -0.688. The molecule has 6 heteroatoms. The third kappa shape index (κ3) is 4.87. The summed E-state index contributed by atoms with van der Waals surface area (Å²) in [6.45, 7) is 4.02. The van der Waals surface area contributed by atoms with Gasteiger partial charge in [0.1, 0.15) is 0 Å². The second-order valence-electron chi connectivity index (χ2n) is 5.64. The van der Waals surface area contributed by atoms with Crippen LogP contribution in [0.3, 0.4) is 0 Å². The van der Waals surface area contributed by atoms with Crippen molar-refractivity contribution in [2.24, 2.45) is 4.99 Å². The van der Waals surface area contributed by atoms with E-state index >= 15 is 0 Å². The monoisotopic (exact) mass is 373 g/mol. The number of aromatic nitrogens is 1. The molecule has 0 saturated carbocycles. The molecule has 0 N–H and O–H groups in total. The highest BCUT2D eigenvalue weighted by atomic mass is 35.5. The van der Waals surface area contributed by atoms with E-state index in [0.717, 1.165) is 5.69 Å². The van der Waals surface area contributed by atoms with E-state index in [0.29, 0.717) is 22.2 Å². The maximum Gasteiger partial charge on any atom is 0.237 e. The maximum atomic E-state index is 13.0. The van der Waals surface area contributed by atoms with Crippen molar-refractivity contribution in [3.63, 3.8) is 0 Å². The van der Waals surface area contributed by atoms with Gasteiger partial charge in [0.15, 0.2) is 12.4 Å². The lowest BCUT2D eigenvalue weighted by Crippen LogP contribution is -2.47. The van der Waals surface area contributed by atoms with Crippen molar-refractivity contribution in [2.75, 3.05) is 25.5 Å². The molecular weight excluding hydrogens is 354 g/mol. The van der Waals surface area contributed by atoms with Crippen molar-refractivity contribution >= 4 is 40.7 Å².